The molecule has 0 bridgehead atoms. The summed E-state index contributed by atoms with van der Waals surface area (Å²) in [5.41, 5.74) is 12.9. The number of nitrogens with zero attached hydrogens (tertiary/aromatic N) is 4. The average molecular weight is 672 g/mol. The van der Waals surface area contributed by atoms with Gasteiger partial charge < -0.3 is 9.73 Å². The van der Waals surface area contributed by atoms with Crippen LogP contribution in [0.4, 0.5) is 0 Å². The van der Waals surface area contributed by atoms with Crippen LogP contribution in [0.15, 0.2) is 173 Å². The molecule has 10 rings (SSSR count). The van der Waals surface area contributed by atoms with Crippen LogP contribution < -0.4 is 5.32 Å². The van der Waals surface area contributed by atoms with Crippen molar-refractivity contribution in [2.24, 2.45) is 9.98 Å². The molecular weight excluding hydrogens is 639 g/mol. The second-order valence-electron chi connectivity index (χ2n) is 13.4. The highest BCUT2D eigenvalue weighted by Crippen LogP contribution is 2.48. The van der Waals surface area contributed by atoms with E-state index < -0.39 is 6.17 Å². The van der Waals surface area contributed by atoms with E-state index in [1.807, 2.05) is 48.8 Å². The van der Waals surface area contributed by atoms with Crippen LogP contribution in [0, 0.1) is 0 Å². The molecule has 248 valence electrons. The Kier molecular flexibility index (Phi) is 7.31. The van der Waals surface area contributed by atoms with Crippen molar-refractivity contribution in [2.45, 2.75) is 24.9 Å². The standard InChI is InChI=1S/C46H33N5O/c1-4-12-29(13-5-1)20-22-35-33-18-10-11-19-34(33)37-24-32(21-23-36(35)37)40-25-38-41(28-48-40)52-42-27-47-26-39(43(38)42)46-50-44(30-14-6-2-7-15-30)49-45(51-46)31-16-8-3-9-17-31/h1-19,21,23-28,35,46H,20,22H2,(H,49,50,51). The maximum absolute atomic E-state index is 6.36. The van der Waals surface area contributed by atoms with E-state index in [1.54, 1.807) is 6.20 Å². The van der Waals surface area contributed by atoms with E-state index in [2.05, 4.69) is 113 Å². The zero-order valence-corrected chi connectivity index (χ0v) is 28.3. The van der Waals surface area contributed by atoms with E-state index in [1.165, 1.54) is 27.8 Å². The van der Waals surface area contributed by atoms with Crippen molar-refractivity contribution >= 4 is 33.6 Å². The molecule has 0 saturated heterocycles. The van der Waals surface area contributed by atoms with Gasteiger partial charge in [0.1, 0.15) is 11.7 Å². The largest absolute Gasteiger partial charge is 0.453 e. The van der Waals surface area contributed by atoms with Crippen LogP contribution in [-0.4, -0.2) is 21.6 Å². The molecule has 0 saturated carbocycles. The van der Waals surface area contributed by atoms with Crippen molar-refractivity contribution < 1.29 is 4.42 Å². The van der Waals surface area contributed by atoms with Gasteiger partial charge >= 0.3 is 0 Å². The summed E-state index contributed by atoms with van der Waals surface area (Å²) in [5.74, 6) is 1.87. The fourth-order valence-corrected chi connectivity index (χ4v) is 7.82. The Balaban J connectivity index is 1.07. The fraction of sp³-hybridized carbons (Fsp3) is 0.0870. The first-order valence-electron chi connectivity index (χ1n) is 17.7. The van der Waals surface area contributed by atoms with Gasteiger partial charge in [0.15, 0.2) is 17.3 Å². The first-order valence-corrected chi connectivity index (χ1v) is 17.7. The summed E-state index contributed by atoms with van der Waals surface area (Å²) in [6.45, 7) is 0. The molecule has 0 radical (unpaired) electrons. The summed E-state index contributed by atoms with van der Waals surface area (Å²) in [6, 6.07) is 48.9. The number of furan rings is 1. The van der Waals surface area contributed by atoms with Gasteiger partial charge in [-0.05, 0) is 52.8 Å². The summed E-state index contributed by atoms with van der Waals surface area (Å²) in [5, 5.41) is 5.40. The van der Waals surface area contributed by atoms with Crippen molar-refractivity contribution in [2.75, 3.05) is 0 Å². The molecule has 0 amide bonds. The second kappa shape index (κ2) is 12.6. The number of aliphatic imine (C=N–C) groups is 2. The van der Waals surface area contributed by atoms with Gasteiger partial charge in [-0.25, -0.2) is 9.98 Å². The van der Waals surface area contributed by atoms with Crippen LogP contribution in [0.1, 0.15) is 51.9 Å². The third-order valence-corrected chi connectivity index (χ3v) is 10.3. The Labute approximate surface area is 301 Å². The number of aromatic nitrogens is 2. The lowest BCUT2D eigenvalue weighted by molar-refractivity contribution is 0.663. The first kappa shape index (κ1) is 30.2. The molecule has 1 atom stereocenters. The number of hydrogen-bond acceptors (Lipinski definition) is 6. The minimum atomic E-state index is -0.537. The number of fused-ring (bicyclic) bond motifs is 6. The molecule has 0 fully saturated rings. The van der Waals surface area contributed by atoms with Crippen molar-refractivity contribution in [3.63, 3.8) is 0 Å². The molecule has 8 aromatic rings. The second-order valence-corrected chi connectivity index (χ2v) is 13.4. The van der Waals surface area contributed by atoms with Crippen LogP contribution in [0.3, 0.4) is 0 Å². The number of benzene rings is 5. The molecule has 0 spiro atoms. The van der Waals surface area contributed by atoms with E-state index >= 15 is 0 Å². The smallest absolute Gasteiger partial charge is 0.172 e. The summed E-state index contributed by atoms with van der Waals surface area (Å²) in [6.07, 6.45) is 7.03. The molecule has 1 aliphatic carbocycles. The molecular formula is C46H33N5O. The van der Waals surface area contributed by atoms with Gasteiger partial charge in [0, 0.05) is 45.1 Å². The van der Waals surface area contributed by atoms with Crippen LogP contribution in [0.2, 0.25) is 0 Å². The highest BCUT2D eigenvalue weighted by Gasteiger charge is 2.29. The maximum atomic E-state index is 6.36. The quantitative estimate of drug-likeness (QED) is 0.183. The van der Waals surface area contributed by atoms with Gasteiger partial charge in [-0.15, -0.1) is 0 Å². The van der Waals surface area contributed by atoms with Gasteiger partial charge in [-0.2, -0.15) is 0 Å². The minimum absolute atomic E-state index is 0.358. The molecule has 6 nitrogen and oxygen atoms in total. The van der Waals surface area contributed by atoms with Crippen molar-refractivity contribution in [3.8, 4) is 22.4 Å². The van der Waals surface area contributed by atoms with Crippen LogP contribution >= 0.6 is 0 Å². The van der Waals surface area contributed by atoms with Crippen molar-refractivity contribution in [1.29, 1.82) is 0 Å². The minimum Gasteiger partial charge on any atom is -0.453 e. The Hall–Kier alpha value is -6.66. The lowest BCUT2D eigenvalue weighted by Gasteiger charge is -2.22. The number of amidine groups is 2. The predicted octanol–water partition coefficient (Wildman–Crippen LogP) is 10.3. The number of aryl methyl sites for hydroxylation is 1. The van der Waals surface area contributed by atoms with Gasteiger partial charge in [0.05, 0.1) is 18.1 Å². The lowest BCUT2D eigenvalue weighted by Crippen LogP contribution is -2.36. The van der Waals surface area contributed by atoms with Crippen molar-refractivity contribution in [1.82, 2.24) is 15.3 Å². The monoisotopic (exact) mass is 671 g/mol. The molecule has 1 unspecified atom stereocenters. The summed E-state index contributed by atoms with van der Waals surface area (Å²) < 4.78 is 6.36. The Morgan fingerprint density at radius 2 is 1.23 bits per heavy atom. The number of hydrogen-bond donors (Lipinski definition) is 1. The molecule has 1 N–H and O–H groups in total. The highest BCUT2D eigenvalue weighted by molar-refractivity contribution is 6.16. The van der Waals surface area contributed by atoms with Gasteiger partial charge in [0.2, 0.25) is 0 Å². The zero-order valence-electron chi connectivity index (χ0n) is 28.3. The normalized spacial score (nSPS) is 15.2. The third kappa shape index (κ3) is 5.28. The number of nitrogens with one attached hydrogen (secondary N) is 1. The van der Waals surface area contributed by atoms with Gasteiger partial charge in [0.25, 0.3) is 0 Å². The Morgan fingerprint density at radius 3 is 1.98 bits per heavy atom. The molecule has 2 aliphatic rings. The average Bonchev–Trinajstić information content (AvgIpc) is 3.75. The number of pyridine rings is 2. The van der Waals surface area contributed by atoms with Gasteiger partial charge in [-0.3, -0.25) is 9.97 Å². The molecule has 6 heteroatoms. The maximum Gasteiger partial charge on any atom is 0.172 e. The molecule has 5 aromatic carbocycles. The van der Waals surface area contributed by atoms with E-state index in [0.29, 0.717) is 17.1 Å². The molecule has 4 heterocycles. The van der Waals surface area contributed by atoms with E-state index in [-0.39, 0.29) is 0 Å². The molecule has 3 aromatic heterocycles. The van der Waals surface area contributed by atoms with Crippen molar-refractivity contribution in [3.05, 3.63) is 191 Å². The van der Waals surface area contributed by atoms with Crippen LogP contribution in [0.5, 0.6) is 0 Å². The molecule has 52 heavy (non-hydrogen) atoms. The zero-order chi connectivity index (χ0) is 34.4. The van der Waals surface area contributed by atoms with Crippen LogP contribution in [-0.2, 0) is 6.42 Å². The Bertz CT molecular complexity index is 2610. The van der Waals surface area contributed by atoms with Gasteiger partial charge in [-0.1, -0.05) is 127 Å². The SMILES string of the molecule is c1ccc(CCC2c3ccccc3-c3cc(-c4cc5c(cn4)oc4cncc(C6N=C(c7ccccc7)NC(c7ccccc7)=N6)c45)ccc32)cc1. The first-order chi connectivity index (χ1) is 25.8. The molecule has 1 aliphatic heterocycles. The lowest BCUT2D eigenvalue weighted by atomic mass is 9.90. The Morgan fingerprint density at radius 1 is 0.558 bits per heavy atom. The predicted molar refractivity (Wildman–Crippen MR) is 209 cm³/mol. The summed E-state index contributed by atoms with van der Waals surface area (Å²) >= 11 is 0. The van der Waals surface area contributed by atoms with E-state index in [9.17, 15) is 0 Å². The fourth-order valence-electron chi connectivity index (χ4n) is 7.82. The third-order valence-electron chi connectivity index (χ3n) is 10.3. The highest BCUT2D eigenvalue weighted by atomic mass is 16.3. The summed E-state index contributed by atoms with van der Waals surface area (Å²) in [4.78, 5) is 19.8. The van der Waals surface area contributed by atoms with E-state index in [0.717, 1.165) is 63.2 Å². The topological polar surface area (TPSA) is 75.7 Å². The van der Waals surface area contributed by atoms with E-state index in [4.69, 9.17) is 19.4 Å². The number of rotatable bonds is 7. The summed E-state index contributed by atoms with van der Waals surface area (Å²) in [7, 11) is 0. The van der Waals surface area contributed by atoms with Crippen LogP contribution in [0.25, 0.3) is 44.3 Å².